The van der Waals surface area contributed by atoms with Crippen molar-refractivity contribution < 1.29 is 9.53 Å². The zero-order valence-electron chi connectivity index (χ0n) is 17.2. The summed E-state index contributed by atoms with van der Waals surface area (Å²) in [6.45, 7) is 8.83. The number of nitrogens with one attached hydrogen (secondary N) is 2. The number of aliphatic imine (C=N–C) groups is 1. The monoisotopic (exact) mass is 490 g/mol. The standard InChI is InChI=1S/C20H34N4O2.HI/c1-6-16(7-2)13-22-20(21-8-3)23-14-17-10-9-11-18(12-17)26-15-19(25)24(4)5;/h9-12,16H,6-8,13-15H2,1-5H3,(H2,21,22,23);1H. The Morgan fingerprint density at radius 1 is 1.19 bits per heavy atom. The number of likely N-dealkylation sites (N-methyl/N-ethyl adjacent to an activating group) is 1. The highest BCUT2D eigenvalue weighted by molar-refractivity contribution is 14.0. The lowest BCUT2D eigenvalue weighted by molar-refractivity contribution is -0.130. The minimum atomic E-state index is -0.0616. The molecule has 0 aromatic heterocycles. The van der Waals surface area contributed by atoms with E-state index in [9.17, 15) is 4.79 Å². The van der Waals surface area contributed by atoms with Gasteiger partial charge in [-0.1, -0.05) is 38.8 Å². The van der Waals surface area contributed by atoms with Crippen molar-refractivity contribution in [3.05, 3.63) is 29.8 Å². The number of carbonyl (C=O) groups is 1. The van der Waals surface area contributed by atoms with Gasteiger partial charge in [-0.3, -0.25) is 4.79 Å². The summed E-state index contributed by atoms with van der Waals surface area (Å²) in [5.74, 6) is 2.11. The van der Waals surface area contributed by atoms with Crippen molar-refractivity contribution in [1.29, 1.82) is 0 Å². The summed E-state index contributed by atoms with van der Waals surface area (Å²) < 4.78 is 5.56. The van der Waals surface area contributed by atoms with Gasteiger partial charge in [-0.05, 0) is 30.5 Å². The quantitative estimate of drug-likeness (QED) is 0.300. The van der Waals surface area contributed by atoms with Gasteiger partial charge in [-0.2, -0.15) is 0 Å². The van der Waals surface area contributed by atoms with E-state index in [1.54, 1.807) is 14.1 Å². The van der Waals surface area contributed by atoms with E-state index in [1.807, 2.05) is 24.3 Å². The Morgan fingerprint density at radius 2 is 1.89 bits per heavy atom. The van der Waals surface area contributed by atoms with Crippen LogP contribution >= 0.6 is 24.0 Å². The van der Waals surface area contributed by atoms with E-state index in [2.05, 4.69) is 36.4 Å². The summed E-state index contributed by atoms with van der Waals surface area (Å²) in [6.07, 6.45) is 2.32. The lowest BCUT2D eigenvalue weighted by atomic mass is 10.0. The summed E-state index contributed by atoms with van der Waals surface area (Å²) in [5, 5.41) is 6.70. The molecule has 27 heavy (non-hydrogen) atoms. The Kier molecular flexibility index (Phi) is 13.7. The van der Waals surface area contributed by atoms with Crippen molar-refractivity contribution >= 4 is 35.8 Å². The fourth-order valence-electron chi connectivity index (χ4n) is 2.34. The Morgan fingerprint density at radius 3 is 2.48 bits per heavy atom. The molecule has 154 valence electrons. The number of hydrogen-bond donors (Lipinski definition) is 2. The second kappa shape index (κ2) is 14.5. The molecule has 1 aromatic rings. The highest BCUT2D eigenvalue weighted by Gasteiger charge is 2.06. The molecule has 0 aliphatic rings. The van der Waals surface area contributed by atoms with Crippen LogP contribution in [0.25, 0.3) is 0 Å². The molecule has 6 nitrogen and oxygen atoms in total. The second-order valence-corrected chi connectivity index (χ2v) is 6.48. The van der Waals surface area contributed by atoms with Crippen molar-refractivity contribution in [2.75, 3.05) is 33.8 Å². The lowest BCUT2D eigenvalue weighted by Gasteiger charge is -2.16. The van der Waals surface area contributed by atoms with Crippen LogP contribution in [0.5, 0.6) is 5.75 Å². The van der Waals surface area contributed by atoms with Gasteiger partial charge in [0.1, 0.15) is 5.75 Å². The van der Waals surface area contributed by atoms with Crippen LogP contribution in [0.2, 0.25) is 0 Å². The smallest absolute Gasteiger partial charge is 0.259 e. The van der Waals surface area contributed by atoms with Gasteiger partial charge in [0, 0.05) is 27.2 Å². The predicted molar refractivity (Wildman–Crippen MR) is 123 cm³/mol. The number of hydrogen-bond acceptors (Lipinski definition) is 3. The maximum absolute atomic E-state index is 11.6. The van der Waals surface area contributed by atoms with E-state index in [0.29, 0.717) is 18.2 Å². The number of halogens is 1. The number of guanidine groups is 1. The molecule has 0 heterocycles. The number of rotatable bonds is 10. The highest BCUT2D eigenvalue weighted by Crippen LogP contribution is 2.14. The molecule has 0 atom stereocenters. The average molecular weight is 490 g/mol. The van der Waals surface area contributed by atoms with Crippen molar-refractivity contribution in [1.82, 2.24) is 15.5 Å². The number of ether oxygens (including phenoxy) is 1. The van der Waals surface area contributed by atoms with Crippen LogP contribution in [0.3, 0.4) is 0 Å². The SMILES string of the molecule is CCNC(=NCc1cccc(OCC(=O)N(C)C)c1)NCC(CC)CC.I. The van der Waals surface area contributed by atoms with Gasteiger partial charge < -0.3 is 20.3 Å². The molecule has 0 radical (unpaired) electrons. The van der Waals surface area contributed by atoms with Gasteiger partial charge in [-0.15, -0.1) is 24.0 Å². The molecule has 0 spiro atoms. The summed E-state index contributed by atoms with van der Waals surface area (Å²) in [5.41, 5.74) is 1.04. The molecule has 0 bridgehead atoms. The van der Waals surface area contributed by atoms with E-state index in [0.717, 1.165) is 37.5 Å². The van der Waals surface area contributed by atoms with Crippen LogP contribution in [0.4, 0.5) is 0 Å². The Labute approximate surface area is 181 Å². The third kappa shape index (κ3) is 10.4. The normalized spacial score (nSPS) is 11.0. The van der Waals surface area contributed by atoms with Gasteiger partial charge >= 0.3 is 0 Å². The predicted octanol–water partition coefficient (Wildman–Crippen LogP) is 3.26. The van der Waals surface area contributed by atoms with Gasteiger partial charge in [0.2, 0.25) is 0 Å². The third-order valence-corrected chi connectivity index (χ3v) is 4.24. The number of benzene rings is 1. The third-order valence-electron chi connectivity index (χ3n) is 4.24. The topological polar surface area (TPSA) is 66.0 Å². The molecule has 7 heteroatoms. The molecule has 0 aliphatic carbocycles. The van der Waals surface area contributed by atoms with Gasteiger partial charge in [0.25, 0.3) is 5.91 Å². The van der Waals surface area contributed by atoms with E-state index >= 15 is 0 Å². The highest BCUT2D eigenvalue weighted by atomic mass is 127. The number of carbonyl (C=O) groups excluding carboxylic acids is 1. The summed E-state index contributed by atoms with van der Waals surface area (Å²) >= 11 is 0. The number of nitrogens with zero attached hydrogens (tertiary/aromatic N) is 2. The summed E-state index contributed by atoms with van der Waals surface area (Å²) in [7, 11) is 3.43. The molecule has 0 saturated carbocycles. The molecule has 1 amide bonds. The molecule has 0 fully saturated rings. The van der Waals surface area contributed by atoms with Gasteiger partial charge in [0.15, 0.2) is 12.6 Å². The van der Waals surface area contributed by atoms with Gasteiger partial charge in [-0.25, -0.2) is 4.99 Å². The Balaban J connectivity index is 0.00000676. The minimum Gasteiger partial charge on any atom is -0.484 e. The van der Waals surface area contributed by atoms with E-state index in [-0.39, 0.29) is 36.5 Å². The van der Waals surface area contributed by atoms with Crippen LogP contribution in [0.15, 0.2) is 29.3 Å². The second-order valence-electron chi connectivity index (χ2n) is 6.48. The Bertz CT molecular complexity index is 575. The first-order valence-corrected chi connectivity index (χ1v) is 9.44. The lowest BCUT2D eigenvalue weighted by Crippen LogP contribution is -2.39. The first kappa shape index (κ1) is 25.5. The molecule has 2 N–H and O–H groups in total. The van der Waals surface area contributed by atoms with E-state index in [4.69, 9.17) is 4.74 Å². The van der Waals surface area contributed by atoms with Crippen LogP contribution < -0.4 is 15.4 Å². The Hall–Kier alpha value is -1.51. The van der Waals surface area contributed by atoms with E-state index in [1.165, 1.54) is 4.90 Å². The molecule has 0 saturated heterocycles. The zero-order chi connectivity index (χ0) is 19.4. The minimum absolute atomic E-state index is 0. The van der Waals surface area contributed by atoms with Crippen molar-refractivity contribution in [2.45, 2.75) is 40.2 Å². The summed E-state index contributed by atoms with van der Waals surface area (Å²) in [6, 6.07) is 7.71. The maximum Gasteiger partial charge on any atom is 0.259 e. The molecular formula is C20H35IN4O2. The van der Waals surface area contributed by atoms with Crippen LogP contribution in [-0.2, 0) is 11.3 Å². The maximum atomic E-state index is 11.6. The molecular weight excluding hydrogens is 455 g/mol. The average Bonchev–Trinajstić information content (AvgIpc) is 2.65. The summed E-state index contributed by atoms with van der Waals surface area (Å²) in [4.78, 5) is 17.8. The van der Waals surface area contributed by atoms with Gasteiger partial charge in [0.05, 0.1) is 6.54 Å². The van der Waals surface area contributed by atoms with Crippen molar-refractivity contribution in [3.63, 3.8) is 0 Å². The molecule has 0 aliphatic heterocycles. The molecule has 0 unspecified atom stereocenters. The zero-order valence-corrected chi connectivity index (χ0v) is 19.6. The van der Waals surface area contributed by atoms with Crippen molar-refractivity contribution in [3.8, 4) is 5.75 Å². The first-order valence-electron chi connectivity index (χ1n) is 9.44. The van der Waals surface area contributed by atoms with Crippen LogP contribution in [0.1, 0.15) is 39.2 Å². The first-order chi connectivity index (χ1) is 12.5. The van der Waals surface area contributed by atoms with Crippen LogP contribution in [0, 0.1) is 5.92 Å². The fraction of sp³-hybridized carbons (Fsp3) is 0.600. The van der Waals surface area contributed by atoms with Crippen LogP contribution in [-0.4, -0.2) is 50.6 Å². The van der Waals surface area contributed by atoms with E-state index < -0.39 is 0 Å². The fourth-order valence-corrected chi connectivity index (χ4v) is 2.34. The molecule has 1 aromatic carbocycles. The number of amides is 1. The van der Waals surface area contributed by atoms with Crippen molar-refractivity contribution in [2.24, 2.45) is 10.9 Å². The largest absolute Gasteiger partial charge is 0.484 e. The molecule has 1 rings (SSSR count).